The van der Waals surface area contributed by atoms with Crippen molar-refractivity contribution in [1.82, 2.24) is 10.6 Å². The maximum atomic E-state index is 10.9. The van der Waals surface area contributed by atoms with Crippen molar-refractivity contribution in [3.63, 3.8) is 0 Å². The van der Waals surface area contributed by atoms with Gasteiger partial charge in [-0.1, -0.05) is 0 Å². The maximum Gasteiger partial charge on any atom is 0.318 e. The minimum Gasteiger partial charge on any atom is -0.391 e. The van der Waals surface area contributed by atoms with Crippen LogP contribution in [0.3, 0.4) is 0 Å². The van der Waals surface area contributed by atoms with Gasteiger partial charge in [-0.05, 0) is 13.0 Å². The molecule has 0 saturated heterocycles. The summed E-state index contributed by atoms with van der Waals surface area (Å²) in [5, 5.41) is 13.9. The van der Waals surface area contributed by atoms with Crippen LogP contribution in [-0.2, 0) is 9.53 Å². The fourth-order valence-electron chi connectivity index (χ4n) is 0.928. The lowest BCUT2D eigenvalue weighted by atomic mass is 10.2. The molecule has 0 aromatic heterocycles. The number of hydrogen-bond acceptors (Lipinski definition) is 5. The number of primary amides is 1. The third-order valence-electron chi connectivity index (χ3n) is 1.56. The average molecular weight is 219 g/mol. The Balaban J connectivity index is 3.38. The number of ether oxygens (including phenoxy) is 1. The van der Waals surface area contributed by atoms with E-state index in [9.17, 15) is 14.7 Å². The number of urea groups is 1. The summed E-state index contributed by atoms with van der Waals surface area (Å²) >= 11 is 0. The first kappa shape index (κ1) is 13.8. The molecule has 5 N–H and O–H groups in total. The molecule has 3 amide bonds. The Kier molecular flexibility index (Phi) is 7.51. The van der Waals surface area contributed by atoms with Crippen LogP contribution < -0.4 is 16.4 Å². The second kappa shape index (κ2) is 8.16. The number of imide groups is 1. The molecule has 1 unspecified atom stereocenters. The Morgan fingerprint density at radius 2 is 2.20 bits per heavy atom. The molecule has 0 aliphatic rings. The van der Waals surface area contributed by atoms with Gasteiger partial charge >= 0.3 is 6.03 Å². The number of nitrogens with one attached hydrogen (secondary N) is 2. The van der Waals surface area contributed by atoms with Crippen molar-refractivity contribution >= 4 is 11.9 Å². The highest BCUT2D eigenvalue weighted by molar-refractivity contribution is 5.94. The van der Waals surface area contributed by atoms with Crippen molar-refractivity contribution in [1.29, 1.82) is 0 Å². The summed E-state index contributed by atoms with van der Waals surface area (Å²) in [7, 11) is 1.50. The van der Waals surface area contributed by atoms with Crippen molar-refractivity contribution in [3.8, 4) is 0 Å². The molecule has 0 aliphatic carbocycles. The molecule has 0 aliphatic heterocycles. The van der Waals surface area contributed by atoms with Crippen LogP contribution in [-0.4, -0.2) is 50.0 Å². The monoisotopic (exact) mass is 219 g/mol. The molecule has 88 valence electrons. The Bertz CT molecular complexity index is 210. The lowest BCUT2D eigenvalue weighted by Gasteiger charge is -2.09. The van der Waals surface area contributed by atoms with Gasteiger partial charge in [0.25, 0.3) is 0 Å². The number of nitrogens with two attached hydrogens (primary N) is 1. The van der Waals surface area contributed by atoms with E-state index in [1.807, 2.05) is 5.32 Å². The molecule has 0 spiro atoms. The van der Waals surface area contributed by atoms with Crippen LogP contribution in [0, 0.1) is 0 Å². The van der Waals surface area contributed by atoms with Crippen molar-refractivity contribution in [2.45, 2.75) is 12.5 Å². The van der Waals surface area contributed by atoms with Gasteiger partial charge in [-0.3, -0.25) is 10.1 Å². The second-order valence-corrected chi connectivity index (χ2v) is 2.99. The Labute approximate surface area is 88.0 Å². The molecule has 0 fully saturated rings. The van der Waals surface area contributed by atoms with Gasteiger partial charge < -0.3 is 20.9 Å². The summed E-state index contributed by atoms with van der Waals surface area (Å²) in [5.74, 6) is -0.497. The van der Waals surface area contributed by atoms with E-state index < -0.39 is 18.0 Å². The van der Waals surface area contributed by atoms with Gasteiger partial charge in [0, 0.05) is 7.11 Å². The standard InChI is InChI=1S/C8H17N3O4/c1-15-5-6(12)2-3-10-4-7(13)11-8(9)14/h6,10,12H,2-5H2,1H3,(H3,9,11,13,14). The molecule has 15 heavy (non-hydrogen) atoms. The van der Waals surface area contributed by atoms with Gasteiger partial charge in [0.15, 0.2) is 0 Å². The van der Waals surface area contributed by atoms with Crippen molar-refractivity contribution in [2.24, 2.45) is 5.73 Å². The van der Waals surface area contributed by atoms with Gasteiger partial charge in [-0.25, -0.2) is 4.79 Å². The SMILES string of the molecule is COCC(O)CCNCC(=O)NC(N)=O. The number of rotatable bonds is 7. The third kappa shape index (κ3) is 9.13. The predicted molar refractivity (Wildman–Crippen MR) is 53.1 cm³/mol. The molecule has 7 nitrogen and oxygen atoms in total. The Hall–Kier alpha value is -1.18. The third-order valence-corrected chi connectivity index (χ3v) is 1.56. The van der Waals surface area contributed by atoms with E-state index in [1.54, 1.807) is 0 Å². The highest BCUT2D eigenvalue weighted by Crippen LogP contribution is 1.89. The lowest BCUT2D eigenvalue weighted by Crippen LogP contribution is -2.41. The van der Waals surface area contributed by atoms with Gasteiger partial charge in [0.1, 0.15) is 0 Å². The van der Waals surface area contributed by atoms with Gasteiger partial charge in [0.2, 0.25) is 5.91 Å². The zero-order chi connectivity index (χ0) is 11.7. The Morgan fingerprint density at radius 1 is 1.53 bits per heavy atom. The number of methoxy groups -OCH3 is 1. The number of aliphatic hydroxyl groups is 1. The Morgan fingerprint density at radius 3 is 2.73 bits per heavy atom. The topological polar surface area (TPSA) is 114 Å². The second-order valence-electron chi connectivity index (χ2n) is 2.99. The highest BCUT2D eigenvalue weighted by atomic mass is 16.5. The fourth-order valence-corrected chi connectivity index (χ4v) is 0.928. The van der Waals surface area contributed by atoms with Crippen LogP contribution in [0.4, 0.5) is 4.79 Å². The van der Waals surface area contributed by atoms with Gasteiger partial charge in [-0.2, -0.15) is 0 Å². The van der Waals surface area contributed by atoms with E-state index >= 15 is 0 Å². The van der Waals surface area contributed by atoms with E-state index in [4.69, 9.17) is 10.5 Å². The summed E-state index contributed by atoms with van der Waals surface area (Å²) in [4.78, 5) is 21.1. The zero-order valence-corrected chi connectivity index (χ0v) is 8.66. The zero-order valence-electron chi connectivity index (χ0n) is 8.66. The average Bonchev–Trinajstić information content (AvgIpc) is 2.12. The molecular weight excluding hydrogens is 202 g/mol. The van der Waals surface area contributed by atoms with E-state index in [0.29, 0.717) is 13.0 Å². The van der Waals surface area contributed by atoms with Gasteiger partial charge in [-0.15, -0.1) is 0 Å². The number of carbonyl (C=O) groups is 2. The van der Waals surface area contributed by atoms with E-state index in [2.05, 4.69) is 5.32 Å². The molecule has 0 aromatic rings. The van der Waals surface area contributed by atoms with E-state index in [-0.39, 0.29) is 13.2 Å². The van der Waals surface area contributed by atoms with Crippen molar-refractivity contribution < 1.29 is 19.4 Å². The number of amides is 3. The summed E-state index contributed by atoms with van der Waals surface area (Å²) in [5.41, 5.74) is 4.73. The molecule has 0 aromatic carbocycles. The fraction of sp³-hybridized carbons (Fsp3) is 0.750. The summed E-state index contributed by atoms with van der Waals surface area (Å²) < 4.78 is 4.72. The minimum absolute atomic E-state index is 0.0113. The number of aliphatic hydroxyl groups excluding tert-OH is 1. The van der Waals surface area contributed by atoms with E-state index in [1.165, 1.54) is 7.11 Å². The van der Waals surface area contributed by atoms with Crippen molar-refractivity contribution in [2.75, 3.05) is 26.8 Å². The smallest absolute Gasteiger partial charge is 0.318 e. The molecule has 1 atom stereocenters. The first-order valence-corrected chi connectivity index (χ1v) is 4.53. The summed E-state index contributed by atoms with van der Waals surface area (Å²) in [6.07, 6.45) is -0.0840. The number of carbonyl (C=O) groups excluding carboxylic acids is 2. The van der Waals surface area contributed by atoms with Crippen LogP contribution in [0.1, 0.15) is 6.42 Å². The molecular formula is C8H17N3O4. The molecule has 0 radical (unpaired) electrons. The normalized spacial score (nSPS) is 12.1. The molecule has 0 saturated carbocycles. The molecule has 0 heterocycles. The quantitative estimate of drug-likeness (QED) is 0.376. The highest BCUT2D eigenvalue weighted by Gasteiger charge is 2.05. The number of hydrogen-bond donors (Lipinski definition) is 4. The van der Waals surface area contributed by atoms with Crippen LogP contribution in [0.15, 0.2) is 0 Å². The van der Waals surface area contributed by atoms with Crippen LogP contribution in [0.5, 0.6) is 0 Å². The van der Waals surface area contributed by atoms with Crippen molar-refractivity contribution in [3.05, 3.63) is 0 Å². The summed E-state index contributed by atoms with van der Waals surface area (Å²) in [6.45, 7) is 0.703. The van der Waals surface area contributed by atoms with Gasteiger partial charge in [0.05, 0.1) is 19.3 Å². The summed E-state index contributed by atoms with van der Waals surface area (Å²) in [6, 6.07) is -0.874. The van der Waals surface area contributed by atoms with Crippen LogP contribution in [0.25, 0.3) is 0 Å². The predicted octanol–water partition coefficient (Wildman–Crippen LogP) is -1.83. The molecule has 7 heteroatoms. The molecule has 0 rings (SSSR count). The largest absolute Gasteiger partial charge is 0.391 e. The van der Waals surface area contributed by atoms with Crippen LogP contribution >= 0.6 is 0 Å². The minimum atomic E-state index is -0.874. The first-order valence-electron chi connectivity index (χ1n) is 4.53. The van der Waals surface area contributed by atoms with Crippen LogP contribution in [0.2, 0.25) is 0 Å². The maximum absolute atomic E-state index is 10.9. The van der Waals surface area contributed by atoms with E-state index in [0.717, 1.165) is 0 Å². The lowest BCUT2D eigenvalue weighted by molar-refractivity contribution is -0.119. The first-order chi connectivity index (χ1) is 7.06. The molecule has 0 bridgehead atoms.